The second kappa shape index (κ2) is 16.5. The van der Waals surface area contributed by atoms with Crippen LogP contribution in [0, 0.1) is 0 Å². The van der Waals surface area contributed by atoms with Crippen LogP contribution in [0.25, 0.3) is 0 Å². The van der Waals surface area contributed by atoms with E-state index in [-0.39, 0.29) is 17.9 Å². The number of nitrogens with one attached hydrogen (secondary N) is 2. The van der Waals surface area contributed by atoms with E-state index in [1.807, 2.05) is 0 Å². The van der Waals surface area contributed by atoms with Gasteiger partial charge < -0.3 is 5.32 Å². The molecule has 1 unspecified atom stereocenters. The standard InChI is InChI=1S/C22H38N2O3/c1-2-3-4-5-6-7-8-9-10-11-12-13-14-15-16-17-21(25)23-19-20-18-22(26)24-27-20/h6-7,9-10,20H,2-5,8,11-19H2,1H3,(H,23,25)(H,24,26). The lowest BCUT2D eigenvalue weighted by Gasteiger charge is -2.08. The van der Waals surface area contributed by atoms with E-state index in [4.69, 9.17) is 4.84 Å². The summed E-state index contributed by atoms with van der Waals surface area (Å²) in [5.41, 5.74) is 2.29. The van der Waals surface area contributed by atoms with Crippen LogP contribution in [0.2, 0.25) is 0 Å². The van der Waals surface area contributed by atoms with E-state index in [0.29, 0.717) is 19.4 Å². The van der Waals surface area contributed by atoms with E-state index in [9.17, 15) is 9.59 Å². The third-order valence-corrected chi connectivity index (χ3v) is 4.63. The molecule has 0 spiro atoms. The number of rotatable bonds is 16. The molecule has 2 N–H and O–H groups in total. The molecule has 5 heteroatoms. The van der Waals surface area contributed by atoms with Crippen LogP contribution in [0.1, 0.15) is 90.4 Å². The molecule has 2 amide bonds. The van der Waals surface area contributed by atoms with Crippen LogP contribution in [0.4, 0.5) is 0 Å². The molecule has 1 heterocycles. The predicted octanol–water partition coefficient (Wildman–Crippen LogP) is 4.74. The van der Waals surface area contributed by atoms with Crippen molar-refractivity contribution in [3.8, 4) is 0 Å². The number of carbonyl (C=O) groups excluding carboxylic acids is 2. The summed E-state index contributed by atoms with van der Waals surface area (Å²) < 4.78 is 0. The Kier molecular flexibility index (Phi) is 14.4. The Morgan fingerprint density at radius 3 is 2.37 bits per heavy atom. The maximum atomic E-state index is 11.7. The lowest BCUT2D eigenvalue weighted by molar-refractivity contribution is -0.124. The molecule has 1 saturated heterocycles. The van der Waals surface area contributed by atoms with Crippen LogP contribution in [0.5, 0.6) is 0 Å². The summed E-state index contributed by atoms with van der Waals surface area (Å²) >= 11 is 0. The van der Waals surface area contributed by atoms with Crippen molar-refractivity contribution in [1.82, 2.24) is 10.8 Å². The molecule has 0 saturated carbocycles. The first kappa shape index (κ1) is 23.4. The summed E-state index contributed by atoms with van der Waals surface area (Å²) in [7, 11) is 0. The van der Waals surface area contributed by atoms with Gasteiger partial charge in [-0.15, -0.1) is 0 Å². The average Bonchev–Trinajstić information content (AvgIpc) is 3.08. The highest BCUT2D eigenvalue weighted by atomic mass is 16.7. The van der Waals surface area contributed by atoms with Gasteiger partial charge >= 0.3 is 0 Å². The molecule has 1 rings (SSSR count). The molecule has 5 nitrogen and oxygen atoms in total. The van der Waals surface area contributed by atoms with Crippen LogP contribution < -0.4 is 10.8 Å². The molecule has 27 heavy (non-hydrogen) atoms. The summed E-state index contributed by atoms with van der Waals surface area (Å²) in [5.74, 6) is -0.0772. The molecule has 0 aromatic carbocycles. The van der Waals surface area contributed by atoms with Crippen LogP contribution in [-0.4, -0.2) is 24.5 Å². The highest BCUT2D eigenvalue weighted by Crippen LogP contribution is 2.08. The predicted molar refractivity (Wildman–Crippen MR) is 110 cm³/mol. The lowest BCUT2D eigenvalue weighted by atomic mass is 10.1. The Labute approximate surface area is 165 Å². The first-order valence-corrected chi connectivity index (χ1v) is 10.7. The third-order valence-electron chi connectivity index (χ3n) is 4.63. The number of hydroxylamine groups is 1. The Morgan fingerprint density at radius 2 is 1.70 bits per heavy atom. The Bertz CT molecular complexity index is 460. The van der Waals surface area contributed by atoms with Gasteiger partial charge in [0.15, 0.2) is 0 Å². The van der Waals surface area contributed by atoms with Crippen molar-refractivity contribution in [1.29, 1.82) is 0 Å². The molecule has 1 aliphatic rings. The normalized spacial score (nSPS) is 17.1. The smallest absolute Gasteiger partial charge is 0.246 e. The molecule has 1 aliphatic heterocycles. The Morgan fingerprint density at radius 1 is 1.04 bits per heavy atom. The zero-order valence-corrected chi connectivity index (χ0v) is 17.0. The summed E-state index contributed by atoms with van der Waals surface area (Å²) in [5, 5.41) is 2.82. The first-order valence-electron chi connectivity index (χ1n) is 10.7. The molecule has 0 aromatic rings. The van der Waals surface area contributed by atoms with Gasteiger partial charge in [-0.25, -0.2) is 5.48 Å². The number of allylic oxidation sites excluding steroid dienone is 4. The fourth-order valence-electron chi connectivity index (χ4n) is 2.97. The quantitative estimate of drug-likeness (QED) is 0.301. The second-order valence-corrected chi connectivity index (χ2v) is 7.25. The molecule has 1 atom stereocenters. The molecular weight excluding hydrogens is 340 g/mol. The number of hydrogen-bond donors (Lipinski definition) is 2. The van der Waals surface area contributed by atoms with Gasteiger partial charge in [0.05, 0.1) is 6.42 Å². The second-order valence-electron chi connectivity index (χ2n) is 7.25. The topological polar surface area (TPSA) is 67.4 Å². The summed E-state index contributed by atoms with van der Waals surface area (Å²) in [6, 6.07) is 0. The fraction of sp³-hybridized carbons (Fsp3) is 0.727. The molecule has 0 aliphatic carbocycles. The van der Waals surface area contributed by atoms with Crippen LogP contribution in [-0.2, 0) is 14.4 Å². The van der Waals surface area contributed by atoms with Crippen molar-refractivity contribution in [3.63, 3.8) is 0 Å². The molecule has 0 aromatic heterocycles. The van der Waals surface area contributed by atoms with Gasteiger partial charge in [0.1, 0.15) is 6.10 Å². The van der Waals surface area contributed by atoms with E-state index in [1.54, 1.807) is 0 Å². The minimum absolute atomic E-state index is 0.0450. The Balaban J connectivity index is 1.82. The van der Waals surface area contributed by atoms with E-state index in [1.165, 1.54) is 44.9 Å². The van der Waals surface area contributed by atoms with Crippen LogP contribution >= 0.6 is 0 Å². The number of amides is 2. The maximum absolute atomic E-state index is 11.7. The highest BCUT2D eigenvalue weighted by Gasteiger charge is 2.22. The van der Waals surface area contributed by atoms with Gasteiger partial charge in [-0.3, -0.25) is 14.4 Å². The zero-order chi connectivity index (χ0) is 19.6. The minimum Gasteiger partial charge on any atom is -0.353 e. The van der Waals surface area contributed by atoms with Crippen molar-refractivity contribution in [2.45, 2.75) is 96.5 Å². The van der Waals surface area contributed by atoms with Crippen LogP contribution in [0.3, 0.4) is 0 Å². The largest absolute Gasteiger partial charge is 0.353 e. The molecule has 0 bridgehead atoms. The molecule has 1 fully saturated rings. The molecule has 154 valence electrons. The number of hydrogen-bond acceptors (Lipinski definition) is 3. The number of unbranched alkanes of at least 4 members (excludes halogenated alkanes) is 8. The van der Waals surface area contributed by atoms with Crippen molar-refractivity contribution < 1.29 is 14.4 Å². The van der Waals surface area contributed by atoms with E-state index >= 15 is 0 Å². The minimum atomic E-state index is -0.231. The monoisotopic (exact) mass is 378 g/mol. The zero-order valence-electron chi connectivity index (χ0n) is 17.0. The lowest BCUT2D eigenvalue weighted by Crippen LogP contribution is -2.32. The Hall–Kier alpha value is -1.62. The highest BCUT2D eigenvalue weighted by molar-refractivity contribution is 5.78. The first-order chi connectivity index (χ1) is 13.2. The SMILES string of the molecule is CCCCCC=CCC=CCCCCCCCC(=O)NCC1CC(=O)NO1. The summed E-state index contributed by atoms with van der Waals surface area (Å²) in [6.45, 7) is 2.64. The van der Waals surface area contributed by atoms with Crippen LogP contribution in [0.15, 0.2) is 24.3 Å². The van der Waals surface area contributed by atoms with Gasteiger partial charge in [0.25, 0.3) is 0 Å². The van der Waals surface area contributed by atoms with Gasteiger partial charge in [-0.1, -0.05) is 63.3 Å². The van der Waals surface area contributed by atoms with Crippen molar-refractivity contribution in [2.75, 3.05) is 6.54 Å². The van der Waals surface area contributed by atoms with E-state index in [0.717, 1.165) is 25.7 Å². The van der Waals surface area contributed by atoms with Crippen molar-refractivity contribution in [3.05, 3.63) is 24.3 Å². The molecule has 0 radical (unpaired) electrons. The maximum Gasteiger partial charge on any atom is 0.246 e. The van der Waals surface area contributed by atoms with E-state index < -0.39 is 0 Å². The number of carbonyl (C=O) groups is 2. The summed E-state index contributed by atoms with van der Waals surface area (Å²) in [6.07, 6.45) is 22.8. The molecular formula is C22H38N2O3. The van der Waals surface area contributed by atoms with Gasteiger partial charge in [0, 0.05) is 13.0 Å². The fourth-order valence-corrected chi connectivity index (χ4v) is 2.97. The summed E-state index contributed by atoms with van der Waals surface area (Å²) in [4.78, 5) is 27.7. The van der Waals surface area contributed by atoms with Crippen molar-refractivity contribution >= 4 is 11.8 Å². The van der Waals surface area contributed by atoms with Gasteiger partial charge in [0.2, 0.25) is 11.8 Å². The van der Waals surface area contributed by atoms with Crippen molar-refractivity contribution in [2.24, 2.45) is 0 Å². The van der Waals surface area contributed by atoms with Gasteiger partial charge in [-0.2, -0.15) is 0 Å². The van der Waals surface area contributed by atoms with Gasteiger partial charge in [-0.05, 0) is 38.5 Å². The van der Waals surface area contributed by atoms with E-state index in [2.05, 4.69) is 42.0 Å². The average molecular weight is 379 g/mol. The third kappa shape index (κ3) is 14.1.